The molecule has 2 N–H and O–H groups in total. The smallest absolute Gasteiger partial charge is 0.229 e. The summed E-state index contributed by atoms with van der Waals surface area (Å²) in [6.45, 7) is 0. The fourth-order valence-corrected chi connectivity index (χ4v) is 1.52. The predicted octanol–water partition coefficient (Wildman–Crippen LogP) is 0.576. The molecule has 0 saturated heterocycles. The summed E-state index contributed by atoms with van der Waals surface area (Å²) < 4.78 is 23.8. The Hall–Kier alpha value is -1.56. The zero-order valence-corrected chi connectivity index (χ0v) is 8.21. The van der Waals surface area contributed by atoms with Crippen LogP contribution in [0.15, 0.2) is 18.2 Å². The highest BCUT2D eigenvalue weighted by molar-refractivity contribution is 7.92. The monoisotopic (exact) mass is 215 g/mol. The van der Waals surface area contributed by atoms with Gasteiger partial charge in [-0.15, -0.1) is 0 Å². The van der Waals surface area contributed by atoms with E-state index in [1.807, 2.05) is 0 Å². The largest absolute Gasteiger partial charge is 0.508 e. The lowest BCUT2D eigenvalue weighted by atomic mass is 10.2. The number of hydrogen-bond acceptors (Lipinski definition) is 4. The molecule has 0 aliphatic rings. The maximum Gasteiger partial charge on any atom is 0.229 e. The number of aromatic hydroxyl groups is 1. The van der Waals surface area contributed by atoms with Crippen molar-refractivity contribution < 1.29 is 18.3 Å². The number of phenolic OH excluding ortho intramolecular Hbond substituents is 1. The van der Waals surface area contributed by atoms with E-state index in [1.54, 1.807) is 0 Å². The van der Waals surface area contributed by atoms with Crippen LogP contribution in [0.1, 0.15) is 10.4 Å². The minimum Gasteiger partial charge on any atom is -0.508 e. The van der Waals surface area contributed by atoms with Crippen LogP contribution >= 0.6 is 0 Å². The van der Waals surface area contributed by atoms with E-state index in [2.05, 4.69) is 4.72 Å². The molecule has 0 aliphatic heterocycles. The lowest BCUT2D eigenvalue weighted by Gasteiger charge is -2.04. The molecular weight excluding hydrogens is 206 g/mol. The van der Waals surface area contributed by atoms with Crippen LogP contribution in [0.2, 0.25) is 0 Å². The van der Waals surface area contributed by atoms with E-state index in [1.165, 1.54) is 18.2 Å². The van der Waals surface area contributed by atoms with Gasteiger partial charge in [0.05, 0.1) is 11.9 Å². The van der Waals surface area contributed by atoms with E-state index in [0.29, 0.717) is 6.29 Å². The molecule has 1 aromatic carbocycles. The number of carbonyl (C=O) groups excluding carboxylic acids is 1. The van der Waals surface area contributed by atoms with Crippen LogP contribution in [0.4, 0.5) is 5.69 Å². The van der Waals surface area contributed by atoms with Gasteiger partial charge >= 0.3 is 0 Å². The first-order valence-corrected chi connectivity index (χ1v) is 5.57. The Morgan fingerprint density at radius 3 is 2.50 bits per heavy atom. The SMILES string of the molecule is CS(=O)(=O)Nc1cc(O)cc(C=O)c1. The fourth-order valence-electron chi connectivity index (χ4n) is 0.976. The van der Waals surface area contributed by atoms with Crippen LogP contribution in [0.3, 0.4) is 0 Å². The molecule has 0 unspecified atom stereocenters. The van der Waals surface area contributed by atoms with Gasteiger partial charge in [-0.05, 0) is 12.1 Å². The molecule has 0 aromatic heterocycles. The van der Waals surface area contributed by atoms with Crippen LogP contribution in [-0.2, 0) is 10.0 Å². The number of anilines is 1. The quantitative estimate of drug-likeness (QED) is 0.722. The van der Waals surface area contributed by atoms with Crippen molar-refractivity contribution in [2.75, 3.05) is 11.0 Å². The molecule has 14 heavy (non-hydrogen) atoms. The molecule has 1 rings (SSSR count). The van der Waals surface area contributed by atoms with Gasteiger partial charge in [-0.1, -0.05) is 0 Å². The first-order valence-electron chi connectivity index (χ1n) is 3.68. The summed E-state index contributed by atoms with van der Waals surface area (Å²) in [5.41, 5.74) is 0.366. The average Bonchev–Trinajstić information content (AvgIpc) is 1.99. The van der Waals surface area contributed by atoms with Gasteiger partial charge in [0.1, 0.15) is 12.0 Å². The Kier molecular flexibility index (Phi) is 2.76. The third-order valence-corrected chi connectivity index (χ3v) is 1.99. The Morgan fingerprint density at radius 1 is 1.36 bits per heavy atom. The Morgan fingerprint density at radius 2 is 2.00 bits per heavy atom. The highest BCUT2D eigenvalue weighted by Gasteiger charge is 2.04. The van der Waals surface area contributed by atoms with Crippen LogP contribution < -0.4 is 4.72 Å². The summed E-state index contributed by atoms with van der Waals surface area (Å²) in [4.78, 5) is 10.4. The van der Waals surface area contributed by atoms with Crippen molar-refractivity contribution in [3.63, 3.8) is 0 Å². The lowest BCUT2D eigenvalue weighted by molar-refractivity contribution is 0.112. The summed E-state index contributed by atoms with van der Waals surface area (Å²) in [5.74, 6) is -0.166. The zero-order chi connectivity index (χ0) is 10.8. The van der Waals surface area contributed by atoms with Gasteiger partial charge < -0.3 is 5.11 Å². The summed E-state index contributed by atoms with van der Waals surface area (Å²) in [5, 5.41) is 9.13. The van der Waals surface area contributed by atoms with Crippen molar-refractivity contribution in [3.8, 4) is 5.75 Å². The highest BCUT2D eigenvalue weighted by atomic mass is 32.2. The first kappa shape index (κ1) is 10.5. The van der Waals surface area contributed by atoms with Gasteiger partial charge in [0.25, 0.3) is 0 Å². The molecule has 0 bridgehead atoms. The van der Waals surface area contributed by atoms with E-state index in [0.717, 1.165) is 6.26 Å². The minimum absolute atomic E-state index is 0.162. The molecule has 0 aliphatic carbocycles. The molecule has 6 heteroatoms. The first-order chi connectivity index (χ1) is 6.40. The molecule has 0 saturated carbocycles. The zero-order valence-electron chi connectivity index (χ0n) is 7.39. The van der Waals surface area contributed by atoms with E-state index in [4.69, 9.17) is 5.11 Å². The number of phenols is 1. The number of benzene rings is 1. The van der Waals surface area contributed by atoms with Crippen molar-refractivity contribution in [3.05, 3.63) is 23.8 Å². The highest BCUT2D eigenvalue weighted by Crippen LogP contribution is 2.19. The molecule has 0 spiro atoms. The molecule has 1 aromatic rings. The van der Waals surface area contributed by atoms with E-state index in [-0.39, 0.29) is 17.0 Å². The van der Waals surface area contributed by atoms with Gasteiger partial charge in [0.15, 0.2) is 0 Å². The molecule has 0 atom stereocenters. The Labute approximate surface area is 81.4 Å². The second kappa shape index (κ2) is 3.67. The number of nitrogens with one attached hydrogen (secondary N) is 1. The van der Waals surface area contributed by atoms with E-state index in [9.17, 15) is 13.2 Å². The van der Waals surface area contributed by atoms with Crippen LogP contribution in [0.25, 0.3) is 0 Å². The topological polar surface area (TPSA) is 83.5 Å². The van der Waals surface area contributed by atoms with Gasteiger partial charge in [-0.2, -0.15) is 0 Å². The molecular formula is C8H9NO4S. The predicted molar refractivity (Wildman–Crippen MR) is 52.0 cm³/mol. The third kappa shape index (κ3) is 3.06. The number of hydrogen-bond donors (Lipinski definition) is 2. The Balaban J connectivity index is 3.10. The van der Waals surface area contributed by atoms with Crippen molar-refractivity contribution in [2.24, 2.45) is 0 Å². The summed E-state index contributed by atoms with van der Waals surface area (Å²) in [7, 11) is -3.40. The number of rotatable bonds is 3. The maximum atomic E-state index is 10.8. The summed E-state index contributed by atoms with van der Waals surface area (Å²) in [6, 6.07) is 3.78. The molecule has 76 valence electrons. The maximum absolute atomic E-state index is 10.8. The molecule has 0 fully saturated rings. The van der Waals surface area contributed by atoms with Crippen molar-refractivity contribution in [2.45, 2.75) is 0 Å². The van der Waals surface area contributed by atoms with Gasteiger partial charge in [-0.3, -0.25) is 9.52 Å². The average molecular weight is 215 g/mol. The van der Waals surface area contributed by atoms with Crippen molar-refractivity contribution in [1.82, 2.24) is 0 Å². The standard InChI is InChI=1S/C8H9NO4S/c1-14(12,13)9-7-2-6(5-10)3-8(11)4-7/h2-5,9,11H,1H3. The number of sulfonamides is 1. The second-order valence-corrected chi connectivity index (χ2v) is 4.55. The van der Waals surface area contributed by atoms with Gasteiger partial charge in [0.2, 0.25) is 10.0 Å². The van der Waals surface area contributed by atoms with Crippen molar-refractivity contribution in [1.29, 1.82) is 0 Å². The van der Waals surface area contributed by atoms with Gasteiger partial charge in [0, 0.05) is 11.6 Å². The lowest BCUT2D eigenvalue weighted by Crippen LogP contribution is -2.09. The van der Waals surface area contributed by atoms with Crippen LogP contribution in [0.5, 0.6) is 5.75 Å². The van der Waals surface area contributed by atoms with Crippen LogP contribution in [0, 0.1) is 0 Å². The third-order valence-electron chi connectivity index (χ3n) is 1.38. The summed E-state index contributed by atoms with van der Waals surface area (Å²) in [6.07, 6.45) is 1.50. The number of aldehydes is 1. The second-order valence-electron chi connectivity index (χ2n) is 2.81. The molecule has 0 radical (unpaired) electrons. The normalized spacial score (nSPS) is 10.9. The molecule has 0 heterocycles. The Bertz CT molecular complexity index is 452. The molecule has 5 nitrogen and oxygen atoms in total. The molecule has 0 amide bonds. The van der Waals surface area contributed by atoms with Crippen LogP contribution in [-0.4, -0.2) is 26.1 Å². The number of carbonyl (C=O) groups is 1. The van der Waals surface area contributed by atoms with Gasteiger partial charge in [-0.25, -0.2) is 8.42 Å². The van der Waals surface area contributed by atoms with E-state index >= 15 is 0 Å². The fraction of sp³-hybridized carbons (Fsp3) is 0.125. The van der Waals surface area contributed by atoms with E-state index < -0.39 is 10.0 Å². The summed E-state index contributed by atoms with van der Waals surface area (Å²) >= 11 is 0. The van der Waals surface area contributed by atoms with Crippen molar-refractivity contribution >= 4 is 22.0 Å². The minimum atomic E-state index is -3.40.